The SMILES string of the molecule is COc1ccc(-c2cc(NS(=O)(=O)c3ccc(C)cc3C)c(C(=O)O)s2)cc1. The Bertz CT molecular complexity index is 1130. The summed E-state index contributed by atoms with van der Waals surface area (Å²) < 4.78 is 33.2. The first-order chi connectivity index (χ1) is 13.2. The number of methoxy groups -OCH3 is 1. The third kappa shape index (κ3) is 4.02. The average molecular weight is 418 g/mol. The lowest BCUT2D eigenvalue weighted by Crippen LogP contribution is -2.15. The van der Waals surface area contributed by atoms with Crippen molar-refractivity contribution in [3.05, 3.63) is 64.5 Å². The summed E-state index contributed by atoms with van der Waals surface area (Å²) in [5, 5.41) is 9.52. The number of nitrogens with one attached hydrogen (secondary N) is 1. The van der Waals surface area contributed by atoms with E-state index in [1.807, 2.05) is 6.92 Å². The number of carboxylic acids is 1. The fourth-order valence-electron chi connectivity index (χ4n) is 2.82. The summed E-state index contributed by atoms with van der Waals surface area (Å²) >= 11 is 1.01. The molecule has 6 nitrogen and oxygen atoms in total. The fourth-order valence-corrected chi connectivity index (χ4v) is 5.14. The van der Waals surface area contributed by atoms with Gasteiger partial charge in [-0.1, -0.05) is 17.7 Å². The van der Waals surface area contributed by atoms with Crippen molar-refractivity contribution in [2.45, 2.75) is 18.7 Å². The minimum Gasteiger partial charge on any atom is -0.497 e. The van der Waals surface area contributed by atoms with Crippen molar-refractivity contribution in [1.82, 2.24) is 0 Å². The van der Waals surface area contributed by atoms with E-state index in [9.17, 15) is 18.3 Å². The lowest BCUT2D eigenvalue weighted by molar-refractivity contribution is 0.0703. The molecular weight excluding hydrogens is 398 g/mol. The highest BCUT2D eigenvalue weighted by Gasteiger charge is 2.23. The maximum absolute atomic E-state index is 12.8. The van der Waals surface area contributed by atoms with Crippen LogP contribution in [0.4, 0.5) is 5.69 Å². The highest BCUT2D eigenvalue weighted by Crippen LogP contribution is 2.36. The van der Waals surface area contributed by atoms with Gasteiger partial charge in [-0.25, -0.2) is 13.2 Å². The van der Waals surface area contributed by atoms with Gasteiger partial charge in [0.1, 0.15) is 10.6 Å². The van der Waals surface area contributed by atoms with E-state index in [1.54, 1.807) is 50.4 Å². The zero-order valence-electron chi connectivity index (χ0n) is 15.5. The van der Waals surface area contributed by atoms with E-state index in [1.165, 1.54) is 12.1 Å². The number of thiophene rings is 1. The number of rotatable bonds is 6. The largest absolute Gasteiger partial charge is 0.497 e. The van der Waals surface area contributed by atoms with Crippen molar-refractivity contribution in [1.29, 1.82) is 0 Å². The Labute approximate surface area is 167 Å². The average Bonchev–Trinajstić information content (AvgIpc) is 3.04. The van der Waals surface area contributed by atoms with E-state index in [2.05, 4.69) is 4.72 Å². The summed E-state index contributed by atoms with van der Waals surface area (Å²) in [4.78, 5) is 12.3. The van der Waals surface area contributed by atoms with Gasteiger partial charge in [0.05, 0.1) is 17.7 Å². The highest BCUT2D eigenvalue weighted by molar-refractivity contribution is 7.92. The Kier molecular flexibility index (Phi) is 5.44. The first-order valence-corrected chi connectivity index (χ1v) is 10.6. The van der Waals surface area contributed by atoms with Gasteiger partial charge >= 0.3 is 5.97 Å². The number of hydrogen-bond donors (Lipinski definition) is 2. The van der Waals surface area contributed by atoms with Gasteiger partial charge in [0.2, 0.25) is 0 Å². The predicted octanol–water partition coefficient (Wildman–Crippen LogP) is 4.54. The number of benzene rings is 2. The van der Waals surface area contributed by atoms with E-state index >= 15 is 0 Å². The van der Waals surface area contributed by atoms with E-state index in [4.69, 9.17) is 4.74 Å². The molecule has 0 atom stereocenters. The number of aryl methyl sites for hydroxylation is 2. The lowest BCUT2D eigenvalue weighted by atomic mass is 10.2. The molecule has 2 aromatic carbocycles. The maximum Gasteiger partial charge on any atom is 0.348 e. The molecule has 0 radical (unpaired) electrons. The van der Waals surface area contributed by atoms with Crippen molar-refractivity contribution in [2.24, 2.45) is 0 Å². The molecule has 0 spiro atoms. The number of aromatic carboxylic acids is 1. The van der Waals surface area contributed by atoms with Crippen LogP contribution in [0.25, 0.3) is 10.4 Å². The van der Waals surface area contributed by atoms with Crippen LogP contribution in [0.1, 0.15) is 20.8 Å². The number of anilines is 1. The first kappa shape index (κ1) is 19.9. The summed E-state index contributed by atoms with van der Waals surface area (Å²) in [5.74, 6) is -0.516. The zero-order valence-corrected chi connectivity index (χ0v) is 17.1. The van der Waals surface area contributed by atoms with Gasteiger partial charge < -0.3 is 9.84 Å². The van der Waals surface area contributed by atoms with Crippen LogP contribution in [0.5, 0.6) is 5.75 Å². The number of carbonyl (C=O) groups is 1. The van der Waals surface area contributed by atoms with Crippen LogP contribution in [0, 0.1) is 13.8 Å². The molecule has 0 aliphatic carbocycles. The molecule has 0 fully saturated rings. The Morgan fingerprint density at radius 1 is 1.07 bits per heavy atom. The van der Waals surface area contributed by atoms with Crippen LogP contribution in [0.15, 0.2) is 53.4 Å². The van der Waals surface area contributed by atoms with Crippen molar-refractivity contribution >= 4 is 33.0 Å². The molecule has 1 heterocycles. The molecule has 3 rings (SSSR count). The minimum absolute atomic E-state index is 0.0447. The molecule has 146 valence electrons. The first-order valence-electron chi connectivity index (χ1n) is 8.33. The summed E-state index contributed by atoms with van der Waals surface area (Å²) in [6, 6.07) is 13.6. The van der Waals surface area contributed by atoms with E-state index < -0.39 is 16.0 Å². The second-order valence-corrected chi connectivity index (χ2v) is 8.96. The van der Waals surface area contributed by atoms with Gasteiger partial charge in [-0.15, -0.1) is 11.3 Å². The predicted molar refractivity (Wildman–Crippen MR) is 110 cm³/mol. The second kappa shape index (κ2) is 7.65. The molecule has 0 unspecified atom stereocenters. The van der Waals surface area contributed by atoms with Crippen LogP contribution in [0.2, 0.25) is 0 Å². The van der Waals surface area contributed by atoms with Gasteiger partial charge in [0.15, 0.2) is 0 Å². The fraction of sp³-hybridized carbons (Fsp3) is 0.150. The van der Waals surface area contributed by atoms with Crippen molar-refractivity contribution < 1.29 is 23.1 Å². The molecular formula is C20H19NO5S2. The van der Waals surface area contributed by atoms with Crippen LogP contribution < -0.4 is 9.46 Å². The smallest absolute Gasteiger partial charge is 0.348 e. The lowest BCUT2D eigenvalue weighted by Gasteiger charge is -2.10. The Morgan fingerprint density at radius 3 is 2.32 bits per heavy atom. The van der Waals surface area contributed by atoms with E-state index in [0.717, 1.165) is 22.5 Å². The Balaban J connectivity index is 2.01. The quantitative estimate of drug-likeness (QED) is 0.614. The molecule has 3 aromatic rings. The molecule has 28 heavy (non-hydrogen) atoms. The molecule has 0 aliphatic heterocycles. The molecule has 0 amide bonds. The molecule has 2 N–H and O–H groups in total. The zero-order chi connectivity index (χ0) is 20.5. The van der Waals surface area contributed by atoms with Gasteiger partial charge in [-0.2, -0.15) is 0 Å². The van der Waals surface area contributed by atoms with E-state index in [0.29, 0.717) is 16.2 Å². The number of hydrogen-bond acceptors (Lipinski definition) is 5. The molecule has 0 bridgehead atoms. The van der Waals surface area contributed by atoms with Crippen LogP contribution in [-0.2, 0) is 10.0 Å². The number of carboxylic acid groups (broad SMARTS) is 1. The van der Waals surface area contributed by atoms with Gasteiger partial charge in [-0.05, 0) is 61.4 Å². The van der Waals surface area contributed by atoms with Gasteiger partial charge in [0.25, 0.3) is 10.0 Å². The normalized spacial score (nSPS) is 11.2. The van der Waals surface area contributed by atoms with Crippen LogP contribution >= 0.6 is 11.3 Å². The topological polar surface area (TPSA) is 92.7 Å². The third-order valence-electron chi connectivity index (χ3n) is 4.17. The molecule has 8 heteroatoms. The van der Waals surface area contributed by atoms with Gasteiger partial charge in [-0.3, -0.25) is 4.72 Å². The summed E-state index contributed by atoms with van der Waals surface area (Å²) in [7, 11) is -2.36. The Morgan fingerprint density at radius 2 is 1.75 bits per heavy atom. The van der Waals surface area contributed by atoms with Crippen LogP contribution in [0.3, 0.4) is 0 Å². The van der Waals surface area contributed by atoms with Crippen molar-refractivity contribution in [2.75, 3.05) is 11.8 Å². The van der Waals surface area contributed by atoms with E-state index in [-0.39, 0.29) is 15.5 Å². The maximum atomic E-state index is 12.8. The van der Waals surface area contributed by atoms with Crippen LogP contribution in [-0.4, -0.2) is 26.6 Å². The molecule has 0 aliphatic rings. The second-order valence-electron chi connectivity index (χ2n) is 6.26. The Hall–Kier alpha value is -2.84. The standard InChI is InChI=1S/C20H19NO5S2/c1-12-4-9-18(13(2)10-12)28(24,25)21-16-11-17(27-19(16)20(22)23)14-5-7-15(26-3)8-6-14/h4-11,21H,1-3H3,(H,22,23). The molecule has 0 saturated carbocycles. The minimum atomic E-state index is -3.92. The third-order valence-corrected chi connectivity index (χ3v) is 6.86. The highest BCUT2D eigenvalue weighted by atomic mass is 32.2. The van der Waals surface area contributed by atoms with Crippen molar-refractivity contribution in [3.8, 4) is 16.2 Å². The summed E-state index contributed by atoms with van der Waals surface area (Å²) in [6.45, 7) is 3.58. The van der Waals surface area contributed by atoms with Crippen molar-refractivity contribution in [3.63, 3.8) is 0 Å². The number of ether oxygens (including phenoxy) is 1. The molecule has 0 saturated heterocycles. The molecule has 1 aromatic heterocycles. The summed E-state index contributed by atoms with van der Waals surface area (Å²) in [6.07, 6.45) is 0. The summed E-state index contributed by atoms with van der Waals surface area (Å²) in [5.41, 5.74) is 2.35. The monoisotopic (exact) mass is 417 g/mol. The number of sulfonamides is 1. The van der Waals surface area contributed by atoms with Gasteiger partial charge in [0, 0.05) is 4.88 Å².